The van der Waals surface area contributed by atoms with Gasteiger partial charge in [-0.05, 0) is 61.7 Å². The molecule has 7 nitrogen and oxygen atoms in total. The van der Waals surface area contributed by atoms with Gasteiger partial charge in [-0.1, -0.05) is 37.6 Å². The van der Waals surface area contributed by atoms with Crippen LogP contribution in [0.2, 0.25) is 5.02 Å². The fraction of sp³-hybridized carbons (Fsp3) is 0.296. The highest BCUT2D eigenvalue weighted by Crippen LogP contribution is 2.33. The first kappa shape index (κ1) is 24.4. The predicted octanol–water partition coefficient (Wildman–Crippen LogP) is 6.34. The van der Waals surface area contributed by atoms with Crippen molar-refractivity contribution in [2.75, 3.05) is 18.6 Å². The zero-order valence-electron chi connectivity index (χ0n) is 20.5. The van der Waals surface area contributed by atoms with Gasteiger partial charge < -0.3 is 9.64 Å². The first-order chi connectivity index (χ1) is 16.7. The molecule has 0 atom stereocenters. The van der Waals surface area contributed by atoms with Crippen LogP contribution in [0, 0.1) is 17.2 Å². The van der Waals surface area contributed by atoms with Crippen molar-refractivity contribution in [1.29, 1.82) is 5.26 Å². The Hall–Kier alpha value is -3.76. The normalized spacial score (nSPS) is 11.5. The molecule has 178 valence electrons. The summed E-state index contributed by atoms with van der Waals surface area (Å²) < 4.78 is 5.88. The first-order valence-electron chi connectivity index (χ1n) is 11.4. The number of fused-ring (bicyclic) bond motifs is 1. The number of nitriles is 1. The highest BCUT2D eigenvalue weighted by atomic mass is 35.5. The molecule has 0 bridgehead atoms. The number of benzene rings is 1. The monoisotopic (exact) mass is 486 g/mol. The van der Waals surface area contributed by atoms with Gasteiger partial charge in [0.1, 0.15) is 11.5 Å². The molecular weight excluding hydrogens is 460 g/mol. The third-order valence-electron chi connectivity index (χ3n) is 5.64. The lowest BCUT2D eigenvalue weighted by atomic mass is 9.86. The quantitative estimate of drug-likeness (QED) is 0.301. The average molecular weight is 487 g/mol. The van der Waals surface area contributed by atoms with Gasteiger partial charge in [0.15, 0.2) is 5.65 Å². The van der Waals surface area contributed by atoms with Crippen LogP contribution in [0.3, 0.4) is 0 Å². The summed E-state index contributed by atoms with van der Waals surface area (Å²) in [6.45, 7) is 8.42. The molecule has 0 amide bonds. The number of halogens is 1. The minimum atomic E-state index is -0.566. The van der Waals surface area contributed by atoms with E-state index in [2.05, 4.69) is 29.9 Å². The van der Waals surface area contributed by atoms with Crippen molar-refractivity contribution in [3.8, 4) is 23.5 Å². The Bertz CT molecular complexity index is 1400. The van der Waals surface area contributed by atoms with E-state index in [4.69, 9.17) is 26.3 Å². The number of pyridine rings is 2. The summed E-state index contributed by atoms with van der Waals surface area (Å²) in [6, 6.07) is 17.8. The van der Waals surface area contributed by atoms with Crippen LogP contribution in [0.5, 0.6) is 6.01 Å². The Morgan fingerprint density at radius 3 is 2.46 bits per heavy atom. The summed E-state index contributed by atoms with van der Waals surface area (Å²) in [5.74, 6) is 0.977. The predicted molar refractivity (Wildman–Crippen MR) is 139 cm³/mol. The summed E-state index contributed by atoms with van der Waals surface area (Å²) in [7, 11) is 1.93. The van der Waals surface area contributed by atoms with Crippen LogP contribution in [0.25, 0.3) is 22.4 Å². The van der Waals surface area contributed by atoms with Crippen LogP contribution >= 0.6 is 11.6 Å². The summed E-state index contributed by atoms with van der Waals surface area (Å²) in [4.78, 5) is 20.4. The summed E-state index contributed by atoms with van der Waals surface area (Å²) >= 11 is 6.35. The maximum Gasteiger partial charge on any atom is 0.320 e. The molecule has 0 radical (unpaired) electrons. The highest BCUT2D eigenvalue weighted by Gasteiger charge is 2.21. The van der Waals surface area contributed by atoms with Crippen LogP contribution in [0.15, 0.2) is 54.7 Å². The van der Waals surface area contributed by atoms with Crippen LogP contribution in [0.4, 0.5) is 11.5 Å². The van der Waals surface area contributed by atoms with Crippen LogP contribution in [-0.2, 0) is 5.41 Å². The van der Waals surface area contributed by atoms with Crippen molar-refractivity contribution in [3.05, 3.63) is 65.3 Å². The first-order valence-corrected chi connectivity index (χ1v) is 11.8. The van der Waals surface area contributed by atoms with E-state index in [1.54, 1.807) is 18.3 Å². The van der Waals surface area contributed by atoms with Crippen LogP contribution in [0.1, 0.15) is 33.3 Å². The molecule has 3 heterocycles. The largest absolute Gasteiger partial charge is 0.463 e. The zero-order chi connectivity index (χ0) is 25.2. The smallest absolute Gasteiger partial charge is 0.320 e. The Labute approximate surface area is 210 Å². The number of ether oxygens (including phenoxy) is 1. The lowest BCUT2D eigenvalue weighted by Crippen LogP contribution is -2.16. The minimum absolute atomic E-state index is 0.257. The number of hydrogen-bond acceptors (Lipinski definition) is 7. The van der Waals surface area contributed by atoms with Gasteiger partial charge in [0, 0.05) is 18.9 Å². The van der Waals surface area contributed by atoms with Gasteiger partial charge in [-0.25, -0.2) is 4.98 Å². The number of anilines is 2. The third-order valence-corrected chi connectivity index (χ3v) is 5.94. The molecule has 0 aliphatic carbocycles. The van der Waals surface area contributed by atoms with E-state index in [-0.39, 0.29) is 6.01 Å². The van der Waals surface area contributed by atoms with Gasteiger partial charge in [-0.2, -0.15) is 15.2 Å². The van der Waals surface area contributed by atoms with E-state index >= 15 is 0 Å². The van der Waals surface area contributed by atoms with Gasteiger partial charge in [0.25, 0.3) is 0 Å². The Balaban J connectivity index is 1.80. The van der Waals surface area contributed by atoms with E-state index in [9.17, 15) is 5.26 Å². The lowest BCUT2D eigenvalue weighted by molar-refractivity contribution is 0.252. The number of hydrogen-bond donors (Lipinski definition) is 0. The molecule has 0 aliphatic rings. The molecule has 0 N–H and O–H groups in total. The van der Waals surface area contributed by atoms with Gasteiger partial charge in [0.05, 0.1) is 34.2 Å². The zero-order valence-corrected chi connectivity index (χ0v) is 21.2. The molecule has 0 aliphatic heterocycles. The molecule has 3 aromatic heterocycles. The molecule has 0 saturated heterocycles. The summed E-state index contributed by atoms with van der Waals surface area (Å²) in [6.07, 6.45) is 1.68. The van der Waals surface area contributed by atoms with Gasteiger partial charge in [-0.15, -0.1) is 0 Å². The molecule has 8 heteroatoms. The molecule has 0 saturated carbocycles. The van der Waals surface area contributed by atoms with Crippen molar-refractivity contribution >= 4 is 34.1 Å². The SMILES string of the molecule is CC(C)COc1nc(N(C)c2ccc(C(C)(C)C#N)cc2)c2ccc(-c3ncccc3Cl)nc2n1. The average Bonchev–Trinajstić information content (AvgIpc) is 2.86. The van der Waals surface area contributed by atoms with Gasteiger partial charge in [0.2, 0.25) is 0 Å². The summed E-state index contributed by atoms with van der Waals surface area (Å²) in [5, 5.41) is 10.7. The van der Waals surface area contributed by atoms with E-state index in [0.717, 1.165) is 16.6 Å². The molecule has 0 spiro atoms. The fourth-order valence-corrected chi connectivity index (χ4v) is 3.75. The molecule has 0 unspecified atom stereocenters. The van der Waals surface area contributed by atoms with Crippen molar-refractivity contribution in [3.63, 3.8) is 0 Å². The fourth-order valence-electron chi connectivity index (χ4n) is 3.53. The molecule has 35 heavy (non-hydrogen) atoms. The van der Waals surface area contributed by atoms with E-state index < -0.39 is 5.41 Å². The Morgan fingerprint density at radius 1 is 1.06 bits per heavy atom. The second-order valence-corrected chi connectivity index (χ2v) is 9.69. The number of rotatable bonds is 7. The minimum Gasteiger partial charge on any atom is -0.463 e. The van der Waals surface area contributed by atoms with Crippen LogP contribution < -0.4 is 9.64 Å². The number of aromatic nitrogens is 4. The van der Waals surface area contributed by atoms with Crippen molar-refractivity contribution < 1.29 is 4.74 Å². The second-order valence-electron chi connectivity index (χ2n) is 9.28. The standard InChI is InChI=1S/C27H27ClN6O/c1-17(2)15-35-26-32-24-20(12-13-22(31-24)23-21(28)7-6-14-30-23)25(33-26)34(5)19-10-8-18(9-11-19)27(3,4)16-29/h6-14,17H,15H2,1-5H3. The molecule has 4 rings (SSSR count). The highest BCUT2D eigenvalue weighted by molar-refractivity contribution is 6.32. The van der Waals surface area contributed by atoms with Crippen LogP contribution in [-0.4, -0.2) is 33.6 Å². The van der Waals surface area contributed by atoms with E-state index in [1.165, 1.54) is 0 Å². The Kier molecular flexibility index (Phi) is 6.86. The molecular formula is C27H27ClN6O. The lowest BCUT2D eigenvalue weighted by Gasteiger charge is -2.22. The van der Waals surface area contributed by atoms with E-state index in [1.807, 2.05) is 62.2 Å². The molecule has 0 fully saturated rings. The number of nitrogens with zero attached hydrogens (tertiary/aromatic N) is 6. The van der Waals surface area contributed by atoms with Crippen molar-refractivity contribution in [1.82, 2.24) is 19.9 Å². The van der Waals surface area contributed by atoms with Crippen molar-refractivity contribution in [2.24, 2.45) is 5.92 Å². The van der Waals surface area contributed by atoms with Crippen molar-refractivity contribution in [2.45, 2.75) is 33.1 Å². The van der Waals surface area contributed by atoms with E-state index in [0.29, 0.717) is 40.4 Å². The van der Waals surface area contributed by atoms with Gasteiger partial charge >= 0.3 is 6.01 Å². The van der Waals surface area contributed by atoms with Gasteiger partial charge in [-0.3, -0.25) is 4.98 Å². The second kappa shape index (κ2) is 9.85. The molecule has 1 aromatic carbocycles. The topological polar surface area (TPSA) is 87.8 Å². The Morgan fingerprint density at radius 2 is 1.80 bits per heavy atom. The molecule has 4 aromatic rings. The maximum absolute atomic E-state index is 9.45. The third kappa shape index (κ3) is 5.18. The summed E-state index contributed by atoms with van der Waals surface area (Å²) in [5.41, 5.74) is 2.99. The maximum atomic E-state index is 9.45.